The van der Waals surface area contributed by atoms with Gasteiger partial charge in [0.1, 0.15) is 0 Å². The molecule has 0 N–H and O–H groups in total. The molecule has 2 aromatic carbocycles. The fraction of sp³-hybridized carbons (Fsp3) is 0.130. The predicted octanol–water partition coefficient (Wildman–Crippen LogP) is 4.65. The summed E-state index contributed by atoms with van der Waals surface area (Å²) in [5, 5.41) is 0.563. The van der Waals surface area contributed by atoms with Crippen molar-refractivity contribution in [2.75, 3.05) is 13.1 Å². The number of thiazole rings is 1. The van der Waals surface area contributed by atoms with Crippen LogP contribution >= 0.6 is 22.9 Å². The molecule has 1 amide bonds. The van der Waals surface area contributed by atoms with Gasteiger partial charge in [-0.3, -0.25) is 4.79 Å². The third-order valence-corrected chi connectivity index (χ3v) is 7.76. The molecular weight excluding hydrogens is 466 g/mol. The molecule has 0 saturated heterocycles. The minimum Gasteiger partial charge on any atom is -0.311 e. The summed E-state index contributed by atoms with van der Waals surface area (Å²) in [6, 6.07) is 11.2. The molecule has 0 bridgehead atoms. The minimum absolute atomic E-state index is 0.0770. The first-order chi connectivity index (χ1) is 15.3. The predicted molar refractivity (Wildman–Crippen MR) is 131 cm³/mol. The molecule has 0 atom stereocenters. The average molecular weight is 488 g/mol. The van der Waals surface area contributed by atoms with Crippen molar-refractivity contribution in [3.63, 3.8) is 0 Å². The van der Waals surface area contributed by atoms with Gasteiger partial charge in [-0.05, 0) is 36.4 Å². The zero-order valence-corrected chi connectivity index (χ0v) is 19.7. The van der Waals surface area contributed by atoms with Crippen molar-refractivity contribution in [3.05, 3.63) is 95.8 Å². The SMILES string of the molecule is C=CCN(CC=C)S(=O)(=O)c1ccc(C(=O)N=c2sc3cccc(Cl)c3n2CC=C)cc1. The Bertz CT molecular complexity index is 1340. The van der Waals surface area contributed by atoms with E-state index in [1.54, 1.807) is 12.1 Å². The monoisotopic (exact) mass is 487 g/mol. The van der Waals surface area contributed by atoms with Crippen LogP contribution in [0.4, 0.5) is 0 Å². The van der Waals surface area contributed by atoms with Gasteiger partial charge in [-0.15, -0.1) is 19.7 Å². The molecule has 0 saturated carbocycles. The molecule has 166 valence electrons. The number of allylic oxidation sites excluding steroid dienone is 1. The number of hydrogen-bond acceptors (Lipinski definition) is 4. The van der Waals surface area contributed by atoms with Crippen molar-refractivity contribution < 1.29 is 13.2 Å². The molecule has 0 aliphatic rings. The molecule has 0 unspecified atom stereocenters. The zero-order chi connectivity index (χ0) is 23.3. The van der Waals surface area contributed by atoms with Crippen LogP contribution in [0, 0.1) is 0 Å². The lowest BCUT2D eigenvalue weighted by atomic mass is 10.2. The molecule has 0 aliphatic heterocycles. The number of rotatable bonds is 9. The number of halogens is 1. The minimum atomic E-state index is -3.74. The summed E-state index contributed by atoms with van der Waals surface area (Å²) in [5.74, 6) is -0.483. The van der Waals surface area contributed by atoms with E-state index in [0.29, 0.717) is 16.4 Å². The Morgan fingerprint density at radius 1 is 1.06 bits per heavy atom. The van der Waals surface area contributed by atoms with Gasteiger partial charge in [0.25, 0.3) is 5.91 Å². The van der Waals surface area contributed by atoms with E-state index in [-0.39, 0.29) is 23.5 Å². The first kappa shape index (κ1) is 23.9. The second kappa shape index (κ2) is 10.2. The fourth-order valence-electron chi connectivity index (χ4n) is 3.10. The Morgan fingerprint density at radius 2 is 1.72 bits per heavy atom. The van der Waals surface area contributed by atoms with E-state index in [1.807, 2.05) is 16.7 Å². The van der Waals surface area contributed by atoms with Gasteiger partial charge in [0.15, 0.2) is 4.80 Å². The van der Waals surface area contributed by atoms with Crippen LogP contribution in [-0.4, -0.2) is 36.3 Å². The maximum absolute atomic E-state index is 12.8. The lowest BCUT2D eigenvalue weighted by Gasteiger charge is -2.19. The third-order valence-electron chi connectivity index (χ3n) is 4.57. The number of carbonyl (C=O) groups excluding carboxylic acids is 1. The smallest absolute Gasteiger partial charge is 0.279 e. The molecule has 6 nitrogen and oxygen atoms in total. The van der Waals surface area contributed by atoms with Crippen LogP contribution in [0.3, 0.4) is 0 Å². The Hall–Kier alpha value is -2.78. The number of fused-ring (bicyclic) bond motifs is 1. The maximum Gasteiger partial charge on any atom is 0.279 e. The van der Waals surface area contributed by atoms with E-state index in [2.05, 4.69) is 24.7 Å². The number of nitrogens with zero attached hydrogens (tertiary/aromatic N) is 3. The highest BCUT2D eigenvalue weighted by Gasteiger charge is 2.22. The van der Waals surface area contributed by atoms with Crippen LogP contribution in [0.25, 0.3) is 10.2 Å². The molecule has 3 aromatic rings. The summed E-state index contributed by atoms with van der Waals surface area (Å²) in [4.78, 5) is 17.6. The quantitative estimate of drug-likeness (QED) is 0.412. The molecule has 0 aliphatic carbocycles. The normalized spacial score (nSPS) is 12.2. The van der Waals surface area contributed by atoms with E-state index >= 15 is 0 Å². The van der Waals surface area contributed by atoms with Crippen LogP contribution in [0.15, 0.2) is 90.3 Å². The molecule has 3 rings (SSSR count). The standard InChI is InChI=1S/C23H22ClN3O3S2/c1-4-14-26(15-5-2)32(29,30)18-12-10-17(11-13-18)22(28)25-23-27(16-6-3)21-19(24)8-7-9-20(21)31-23/h4-13H,1-3,14-16H2. The van der Waals surface area contributed by atoms with E-state index in [0.717, 1.165) is 10.2 Å². The van der Waals surface area contributed by atoms with Gasteiger partial charge in [-0.1, -0.05) is 47.2 Å². The molecule has 32 heavy (non-hydrogen) atoms. The summed E-state index contributed by atoms with van der Waals surface area (Å²) in [5.41, 5.74) is 1.06. The lowest BCUT2D eigenvalue weighted by molar-refractivity contribution is 0.0998. The molecule has 1 aromatic heterocycles. The lowest BCUT2D eigenvalue weighted by Crippen LogP contribution is -2.31. The van der Waals surface area contributed by atoms with Crippen LogP contribution < -0.4 is 4.80 Å². The van der Waals surface area contributed by atoms with Crippen molar-refractivity contribution in [2.45, 2.75) is 11.4 Å². The van der Waals surface area contributed by atoms with Crippen LogP contribution in [0.2, 0.25) is 5.02 Å². The van der Waals surface area contributed by atoms with E-state index < -0.39 is 15.9 Å². The second-order valence-electron chi connectivity index (χ2n) is 6.71. The summed E-state index contributed by atoms with van der Waals surface area (Å²) in [6.45, 7) is 11.7. The number of amides is 1. The van der Waals surface area contributed by atoms with Gasteiger partial charge >= 0.3 is 0 Å². The molecular formula is C23H22ClN3O3S2. The molecule has 0 radical (unpaired) electrons. The van der Waals surface area contributed by atoms with Gasteiger partial charge in [0.05, 0.1) is 20.1 Å². The Balaban J connectivity index is 1.98. The van der Waals surface area contributed by atoms with Crippen LogP contribution in [0.1, 0.15) is 10.4 Å². The Kier molecular flexibility index (Phi) is 7.63. The van der Waals surface area contributed by atoms with Crippen LogP contribution in [-0.2, 0) is 16.6 Å². The molecule has 9 heteroatoms. The van der Waals surface area contributed by atoms with E-state index in [4.69, 9.17) is 11.6 Å². The van der Waals surface area contributed by atoms with Crippen molar-refractivity contribution in [2.24, 2.45) is 4.99 Å². The van der Waals surface area contributed by atoms with Gasteiger partial charge in [0, 0.05) is 25.2 Å². The molecule has 0 spiro atoms. The van der Waals surface area contributed by atoms with Gasteiger partial charge in [-0.25, -0.2) is 8.42 Å². The number of para-hydroxylation sites is 1. The first-order valence-corrected chi connectivity index (χ1v) is 12.3. The number of sulfonamides is 1. The van der Waals surface area contributed by atoms with Crippen molar-refractivity contribution in [1.29, 1.82) is 0 Å². The number of hydrogen-bond donors (Lipinski definition) is 0. The van der Waals surface area contributed by atoms with Gasteiger partial charge in [0.2, 0.25) is 10.0 Å². The van der Waals surface area contributed by atoms with Gasteiger partial charge in [-0.2, -0.15) is 9.30 Å². The summed E-state index contributed by atoms with van der Waals surface area (Å²) in [7, 11) is -3.74. The highest BCUT2D eigenvalue weighted by Crippen LogP contribution is 2.25. The van der Waals surface area contributed by atoms with Crippen molar-refractivity contribution >= 4 is 49.1 Å². The van der Waals surface area contributed by atoms with Gasteiger partial charge < -0.3 is 4.57 Å². The first-order valence-electron chi connectivity index (χ1n) is 9.63. The highest BCUT2D eigenvalue weighted by molar-refractivity contribution is 7.89. The largest absolute Gasteiger partial charge is 0.311 e. The fourth-order valence-corrected chi connectivity index (χ4v) is 5.88. The summed E-state index contributed by atoms with van der Waals surface area (Å²) in [6.07, 6.45) is 4.72. The Labute approximate surface area is 196 Å². The molecule has 1 heterocycles. The zero-order valence-electron chi connectivity index (χ0n) is 17.3. The van der Waals surface area contributed by atoms with E-state index in [9.17, 15) is 13.2 Å². The third kappa shape index (κ3) is 4.83. The van der Waals surface area contributed by atoms with Crippen molar-refractivity contribution in [3.8, 4) is 0 Å². The van der Waals surface area contributed by atoms with Crippen LogP contribution in [0.5, 0.6) is 0 Å². The number of benzene rings is 2. The second-order valence-corrected chi connectivity index (χ2v) is 10.1. The number of aromatic nitrogens is 1. The van der Waals surface area contributed by atoms with E-state index in [1.165, 1.54) is 52.1 Å². The maximum atomic E-state index is 12.8. The average Bonchev–Trinajstić information content (AvgIpc) is 3.12. The Morgan fingerprint density at radius 3 is 2.31 bits per heavy atom. The van der Waals surface area contributed by atoms with Crippen molar-refractivity contribution in [1.82, 2.24) is 8.87 Å². The summed E-state index contributed by atoms with van der Waals surface area (Å²) < 4.78 is 29.6. The highest BCUT2D eigenvalue weighted by atomic mass is 35.5. The number of carbonyl (C=O) groups is 1. The topological polar surface area (TPSA) is 71.7 Å². The molecule has 0 fully saturated rings. The summed E-state index contributed by atoms with van der Waals surface area (Å²) >= 11 is 7.69.